The first kappa shape index (κ1) is 14.0. The number of hydrogen-bond donors (Lipinski definition) is 1. The lowest BCUT2D eigenvalue weighted by molar-refractivity contribution is 0.0702. The van der Waals surface area contributed by atoms with Crippen LogP contribution in [0.3, 0.4) is 0 Å². The van der Waals surface area contributed by atoms with E-state index >= 15 is 0 Å². The van der Waals surface area contributed by atoms with Gasteiger partial charge in [0.2, 0.25) is 0 Å². The van der Waals surface area contributed by atoms with Crippen molar-refractivity contribution < 1.29 is 4.79 Å². The van der Waals surface area contributed by atoms with Crippen LogP contribution in [-0.4, -0.2) is 46.3 Å². The first-order chi connectivity index (χ1) is 7.58. The molecule has 2 heterocycles. The summed E-state index contributed by atoms with van der Waals surface area (Å²) < 4.78 is 1.73. The quantitative estimate of drug-likeness (QED) is 0.802. The number of piperazine rings is 1. The third-order valence-corrected chi connectivity index (χ3v) is 2.99. The Kier molecular flexibility index (Phi) is 4.54. The minimum Gasteiger partial charge on any atom is -0.334 e. The molecule has 96 valence electrons. The van der Waals surface area contributed by atoms with Gasteiger partial charge in [-0.05, 0) is 19.9 Å². The van der Waals surface area contributed by atoms with Gasteiger partial charge in [0, 0.05) is 38.4 Å². The molecular weight excluding hydrogens is 240 g/mol. The molecule has 5 nitrogen and oxygen atoms in total. The van der Waals surface area contributed by atoms with Crippen molar-refractivity contribution in [1.29, 1.82) is 0 Å². The van der Waals surface area contributed by atoms with Crippen molar-refractivity contribution in [2.45, 2.75) is 19.9 Å². The number of rotatable bonds is 1. The SMILES string of the molecule is Cc1cc(C(=O)N2CCNC(C)C2)nn1C.Cl. The highest BCUT2D eigenvalue weighted by atomic mass is 35.5. The van der Waals surface area contributed by atoms with Gasteiger partial charge in [-0.25, -0.2) is 0 Å². The molecule has 17 heavy (non-hydrogen) atoms. The summed E-state index contributed by atoms with van der Waals surface area (Å²) in [6.45, 7) is 6.42. The molecule has 1 amide bonds. The Bertz CT molecular complexity index is 385. The normalized spacial score (nSPS) is 19.9. The van der Waals surface area contributed by atoms with Crippen LogP contribution in [0.2, 0.25) is 0 Å². The summed E-state index contributed by atoms with van der Waals surface area (Å²) in [6, 6.07) is 2.21. The Morgan fingerprint density at radius 3 is 2.82 bits per heavy atom. The van der Waals surface area contributed by atoms with E-state index < -0.39 is 0 Å². The van der Waals surface area contributed by atoms with E-state index in [-0.39, 0.29) is 18.3 Å². The molecular formula is C11H19ClN4O. The molecule has 1 atom stereocenters. The summed E-state index contributed by atoms with van der Waals surface area (Å²) in [5.41, 5.74) is 1.56. The zero-order valence-corrected chi connectivity index (χ0v) is 11.3. The van der Waals surface area contributed by atoms with Crippen LogP contribution in [0.25, 0.3) is 0 Å². The molecule has 1 aromatic heterocycles. The third kappa shape index (κ3) is 2.98. The van der Waals surface area contributed by atoms with Gasteiger partial charge in [-0.3, -0.25) is 9.48 Å². The fraction of sp³-hybridized carbons (Fsp3) is 0.636. The zero-order chi connectivity index (χ0) is 11.7. The molecule has 0 spiro atoms. The van der Waals surface area contributed by atoms with Gasteiger partial charge >= 0.3 is 0 Å². The number of aryl methyl sites for hydroxylation is 2. The van der Waals surface area contributed by atoms with Gasteiger partial charge in [-0.15, -0.1) is 12.4 Å². The summed E-state index contributed by atoms with van der Waals surface area (Å²) >= 11 is 0. The number of carbonyl (C=O) groups excluding carboxylic acids is 1. The first-order valence-electron chi connectivity index (χ1n) is 5.61. The van der Waals surface area contributed by atoms with Crippen LogP contribution in [0.15, 0.2) is 6.07 Å². The molecule has 0 aliphatic carbocycles. The maximum Gasteiger partial charge on any atom is 0.274 e. The van der Waals surface area contributed by atoms with Gasteiger partial charge in [0.25, 0.3) is 5.91 Å². The zero-order valence-electron chi connectivity index (χ0n) is 10.4. The van der Waals surface area contributed by atoms with E-state index in [1.165, 1.54) is 0 Å². The van der Waals surface area contributed by atoms with E-state index in [2.05, 4.69) is 17.3 Å². The van der Waals surface area contributed by atoms with Gasteiger partial charge in [-0.2, -0.15) is 5.10 Å². The highest BCUT2D eigenvalue weighted by Gasteiger charge is 2.23. The largest absolute Gasteiger partial charge is 0.334 e. The van der Waals surface area contributed by atoms with E-state index in [9.17, 15) is 4.79 Å². The summed E-state index contributed by atoms with van der Waals surface area (Å²) in [5.74, 6) is 0.0389. The standard InChI is InChI=1S/C11H18N4O.ClH/c1-8-7-15(5-4-12-8)11(16)10-6-9(2)14(3)13-10;/h6,8,12H,4-5,7H2,1-3H3;1H. The fourth-order valence-corrected chi connectivity index (χ4v) is 1.94. The summed E-state index contributed by atoms with van der Waals surface area (Å²) in [6.07, 6.45) is 0. The predicted octanol–water partition coefficient (Wildman–Crippen LogP) is 0.584. The second-order valence-electron chi connectivity index (χ2n) is 4.40. The van der Waals surface area contributed by atoms with Crippen molar-refractivity contribution in [1.82, 2.24) is 20.0 Å². The molecule has 1 fully saturated rings. The highest BCUT2D eigenvalue weighted by Crippen LogP contribution is 2.08. The summed E-state index contributed by atoms with van der Waals surface area (Å²) in [4.78, 5) is 14.0. The monoisotopic (exact) mass is 258 g/mol. The summed E-state index contributed by atoms with van der Waals surface area (Å²) in [7, 11) is 1.85. The van der Waals surface area contributed by atoms with Gasteiger partial charge in [0.05, 0.1) is 0 Å². The molecule has 1 unspecified atom stereocenters. The van der Waals surface area contributed by atoms with Crippen LogP contribution in [0.4, 0.5) is 0 Å². The smallest absolute Gasteiger partial charge is 0.274 e. The van der Waals surface area contributed by atoms with Crippen LogP contribution in [0.5, 0.6) is 0 Å². The molecule has 1 saturated heterocycles. The topological polar surface area (TPSA) is 50.2 Å². The number of nitrogens with one attached hydrogen (secondary N) is 1. The van der Waals surface area contributed by atoms with Crippen LogP contribution in [0.1, 0.15) is 23.1 Å². The van der Waals surface area contributed by atoms with Crippen LogP contribution >= 0.6 is 12.4 Å². The third-order valence-electron chi connectivity index (χ3n) is 2.99. The van der Waals surface area contributed by atoms with E-state index in [1.54, 1.807) is 4.68 Å². The lowest BCUT2D eigenvalue weighted by Crippen LogP contribution is -2.51. The Hall–Kier alpha value is -1.07. The minimum atomic E-state index is 0. The number of amides is 1. The maximum absolute atomic E-state index is 12.1. The molecule has 1 aromatic rings. The van der Waals surface area contributed by atoms with E-state index in [4.69, 9.17) is 0 Å². The Morgan fingerprint density at radius 1 is 1.59 bits per heavy atom. The predicted molar refractivity (Wildman–Crippen MR) is 68.6 cm³/mol. The van der Waals surface area contributed by atoms with Gasteiger partial charge in [0.15, 0.2) is 5.69 Å². The van der Waals surface area contributed by atoms with Crippen LogP contribution in [0, 0.1) is 6.92 Å². The van der Waals surface area contributed by atoms with Gasteiger partial charge in [0.1, 0.15) is 0 Å². The number of nitrogens with zero attached hydrogens (tertiary/aromatic N) is 3. The van der Waals surface area contributed by atoms with E-state index in [0.717, 1.165) is 25.3 Å². The Labute approximate surface area is 108 Å². The molecule has 0 aromatic carbocycles. The minimum absolute atomic E-state index is 0. The van der Waals surface area contributed by atoms with Crippen molar-refractivity contribution in [3.8, 4) is 0 Å². The molecule has 6 heteroatoms. The Morgan fingerprint density at radius 2 is 2.29 bits per heavy atom. The number of hydrogen-bond acceptors (Lipinski definition) is 3. The molecule has 0 saturated carbocycles. The molecule has 2 rings (SSSR count). The van der Waals surface area contributed by atoms with Crippen LogP contribution in [-0.2, 0) is 7.05 Å². The second kappa shape index (κ2) is 5.51. The molecule has 0 radical (unpaired) electrons. The van der Waals surface area contributed by atoms with Crippen molar-refractivity contribution in [2.24, 2.45) is 7.05 Å². The number of halogens is 1. The fourth-order valence-electron chi connectivity index (χ4n) is 1.94. The number of carbonyl (C=O) groups is 1. The lowest BCUT2D eigenvalue weighted by Gasteiger charge is -2.31. The maximum atomic E-state index is 12.1. The highest BCUT2D eigenvalue weighted by molar-refractivity contribution is 5.92. The van der Waals surface area contributed by atoms with Gasteiger partial charge in [-0.1, -0.05) is 0 Å². The number of aromatic nitrogens is 2. The average Bonchev–Trinajstić information content (AvgIpc) is 2.58. The molecule has 1 aliphatic heterocycles. The lowest BCUT2D eigenvalue weighted by atomic mass is 10.2. The van der Waals surface area contributed by atoms with E-state index in [0.29, 0.717) is 11.7 Å². The average molecular weight is 259 g/mol. The second-order valence-corrected chi connectivity index (χ2v) is 4.40. The van der Waals surface area contributed by atoms with Crippen molar-refractivity contribution in [2.75, 3.05) is 19.6 Å². The molecule has 0 bridgehead atoms. The van der Waals surface area contributed by atoms with Crippen molar-refractivity contribution in [3.63, 3.8) is 0 Å². The first-order valence-corrected chi connectivity index (χ1v) is 5.61. The molecule has 1 N–H and O–H groups in total. The Balaban J connectivity index is 0.00000144. The van der Waals surface area contributed by atoms with Crippen molar-refractivity contribution in [3.05, 3.63) is 17.5 Å². The van der Waals surface area contributed by atoms with E-state index in [1.807, 2.05) is 24.9 Å². The molecule has 1 aliphatic rings. The van der Waals surface area contributed by atoms with Gasteiger partial charge < -0.3 is 10.2 Å². The summed E-state index contributed by atoms with van der Waals surface area (Å²) in [5, 5.41) is 7.53. The van der Waals surface area contributed by atoms with Crippen LogP contribution < -0.4 is 5.32 Å². The van der Waals surface area contributed by atoms with Crippen molar-refractivity contribution >= 4 is 18.3 Å².